The second kappa shape index (κ2) is 7.60. The average Bonchev–Trinajstić information content (AvgIpc) is 3.32. The summed E-state index contributed by atoms with van der Waals surface area (Å²) in [5.41, 5.74) is 2.04. The van der Waals surface area contributed by atoms with Crippen LogP contribution in [0.4, 0.5) is 5.69 Å². The largest absolute Gasteiger partial charge is 0.424 e. The highest BCUT2D eigenvalue weighted by molar-refractivity contribution is 5.95. The van der Waals surface area contributed by atoms with Gasteiger partial charge in [-0.15, -0.1) is 12.4 Å². The molecule has 1 saturated carbocycles. The molecule has 1 aliphatic heterocycles. The molecule has 6 nitrogen and oxygen atoms in total. The Bertz CT molecular complexity index is 778. The Morgan fingerprint density at radius 2 is 2.00 bits per heavy atom. The maximum atomic E-state index is 12.6. The van der Waals surface area contributed by atoms with Crippen molar-refractivity contribution in [2.75, 3.05) is 18.4 Å². The Hall–Kier alpha value is -2.18. The van der Waals surface area contributed by atoms with Crippen molar-refractivity contribution in [2.24, 2.45) is 11.3 Å². The molecule has 2 N–H and O–H groups in total. The molecule has 1 unspecified atom stereocenters. The summed E-state index contributed by atoms with van der Waals surface area (Å²) in [7, 11) is 0. The maximum Gasteiger partial charge on any atom is 0.321 e. The van der Waals surface area contributed by atoms with Crippen LogP contribution in [0.15, 0.2) is 36.7 Å². The van der Waals surface area contributed by atoms with Crippen molar-refractivity contribution in [3.63, 3.8) is 0 Å². The minimum absolute atomic E-state index is 0. The van der Waals surface area contributed by atoms with E-state index in [4.69, 9.17) is 4.74 Å². The second-order valence-electron chi connectivity index (χ2n) is 6.97. The predicted molar refractivity (Wildman–Crippen MR) is 102 cm³/mol. The van der Waals surface area contributed by atoms with Crippen molar-refractivity contribution in [2.45, 2.75) is 26.2 Å². The van der Waals surface area contributed by atoms with Crippen LogP contribution in [-0.4, -0.2) is 29.0 Å². The summed E-state index contributed by atoms with van der Waals surface area (Å²) < 4.78 is 5.63. The molecule has 138 valence electrons. The number of hydrogen-bond acceptors (Lipinski definition) is 5. The first-order chi connectivity index (χ1) is 12.2. The van der Waals surface area contributed by atoms with Gasteiger partial charge in [0.05, 0.1) is 0 Å². The van der Waals surface area contributed by atoms with Crippen molar-refractivity contribution in [3.05, 3.63) is 42.2 Å². The molecule has 1 atom stereocenters. The normalized spacial score (nSPS) is 20.1. The number of nitrogens with zero attached hydrogens (tertiary/aromatic N) is 2. The summed E-state index contributed by atoms with van der Waals surface area (Å²) in [4.78, 5) is 20.7. The van der Waals surface area contributed by atoms with Crippen molar-refractivity contribution >= 4 is 24.0 Å². The Kier molecular flexibility index (Phi) is 5.44. The molecule has 1 amide bonds. The van der Waals surface area contributed by atoms with Gasteiger partial charge in [0.15, 0.2) is 0 Å². The van der Waals surface area contributed by atoms with Gasteiger partial charge in [0.2, 0.25) is 5.91 Å². The van der Waals surface area contributed by atoms with Crippen LogP contribution in [0.3, 0.4) is 0 Å². The average molecular weight is 375 g/mol. The number of nitrogens with one attached hydrogen (secondary N) is 2. The SMILES string of the molecule is Cc1cc(Oc2ncccn2)ccc1NC(=O)C1CC12CCNCC2.Cl. The maximum absolute atomic E-state index is 12.6. The molecule has 2 heterocycles. The van der Waals surface area contributed by atoms with Crippen molar-refractivity contribution in [1.29, 1.82) is 0 Å². The quantitative estimate of drug-likeness (QED) is 0.858. The highest BCUT2D eigenvalue weighted by Gasteiger charge is 2.57. The standard InChI is InChI=1S/C19H22N4O2.ClH/c1-13-11-14(25-18-21-7-2-8-22-18)3-4-16(13)23-17(24)15-12-19(15)5-9-20-10-6-19;/h2-4,7-8,11,15,20H,5-6,9-10,12H2,1H3,(H,23,24);1H. The minimum Gasteiger partial charge on any atom is -0.424 e. The van der Waals surface area contributed by atoms with Crippen LogP contribution < -0.4 is 15.4 Å². The number of carbonyl (C=O) groups is 1. The van der Waals surface area contributed by atoms with Gasteiger partial charge in [-0.25, -0.2) is 9.97 Å². The zero-order valence-corrected chi connectivity index (χ0v) is 15.5. The molecule has 0 radical (unpaired) electrons. The molecule has 1 aliphatic carbocycles. The summed E-state index contributed by atoms with van der Waals surface area (Å²) in [6, 6.07) is 7.64. The van der Waals surface area contributed by atoms with Crippen LogP contribution in [0.25, 0.3) is 0 Å². The van der Waals surface area contributed by atoms with E-state index < -0.39 is 0 Å². The van der Waals surface area contributed by atoms with Crippen LogP contribution >= 0.6 is 12.4 Å². The number of piperidine rings is 1. The third-order valence-corrected chi connectivity index (χ3v) is 5.31. The van der Waals surface area contributed by atoms with Gasteiger partial charge in [0.1, 0.15) is 5.75 Å². The van der Waals surface area contributed by atoms with Gasteiger partial charge in [0, 0.05) is 24.0 Å². The molecule has 4 rings (SSSR count). The Morgan fingerprint density at radius 1 is 1.27 bits per heavy atom. The van der Waals surface area contributed by atoms with Gasteiger partial charge in [-0.05, 0) is 74.5 Å². The lowest BCUT2D eigenvalue weighted by atomic mass is 9.91. The first kappa shape index (κ1) is 18.6. The van der Waals surface area contributed by atoms with E-state index in [1.165, 1.54) is 0 Å². The van der Waals surface area contributed by atoms with E-state index >= 15 is 0 Å². The van der Waals surface area contributed by atoms with Crippen molar-refractivity contribution < 1.29 is 9.53 Å². The zero-order chi connectivity index (χ0) is 17.3. The topological polar surface area (TPSA) is 76.1 Å². The smallest absolute Gasteiger partial charge is 0.321 e. The molecular weight excluding hydrogens is 352 g/mol. The van der Waals surface area contributed by atoms with E-state index in [0.29, 0.717) is 11.8 Å². The van der Waals surface area contributed by atoms with Crippen LogP contribution in [0.2, 0.25) is 0 Å². The Labute approximate surface area is 159 Å². The molecule has 2 aromatic rings. The zero-order valence-electron chi connectivity index (χ0n) is 14.7. The number of ether oxygens (including phenoxy) is 1. The van der Waals surface area contributed by atoms with E-state index in [-0.39, 0.29) is 29.6 Å². The molecule has 1 aromatic heterocycles. The van der Waals surface area contributed by atoms with Gasteiger partial charge in [0.25, 0.3) is 0 Å². The third kappa shape index (κ3) is 3.81. The monoisotopic (exact) mass is 374 g/mol. The van der Waals surface area contributed by atoms with Crippen LogP contribution in [0, 0.1) is 18.3 Å². The highest BCUT2D eigenvalue weighted by atomic mass is 35.5. The van der Waals surface area contributed by atoms with E-state index in [0.717, 1.165) is 43.6 Å². The van der Waals surface area contributed by atoms with Crippen LogP contribution in [0.1, 0.15) is 24.8 Å². The number of rotatable bonds is 4. The number of aryl methyl sites for hydroxylation is 1. The summed E-state index contributed by atoms with van der Waals surface area (Å²) in [6.45, 7) is 4.01. The number of hydrogen-bond donors (Lipinski definition) is 2. The molecule has 2 aliphatic rings. The van der Waals surface area contributed by atoms with Crippen molar-refractivity contribution in [3.8, 4) is 11.8 Å². The number of benzene rings is 1. The lowest BCUT2D eigenvalue weighted by Gasteiger charge is -2.23. The van der Waals surface area contributed by atoms with Gasteiger partial charge >= 0.3 is 6.01 Å². The van der Waals surface area contributed by atoms with Gasteiger partial charge in [-0.1, -0.05) is 0 Å². The second-order valence-corrected chi connectivity index (χ2v) is 6.97. The summed E-state index contributed by atoms with van der Waals surface area (Å²) in [5, 5.41) is 6.46. The molecule has 1 saturated heterocycles. The fourth-order valence-corrected chi connectivity index (χ4v) is 3.70. The summed E-state index contributed by atoms with van der Waals surface area (Å²) >= 11 is 0. The van der Waals surface area contributed by atoms with E-state index in [1.807, 2.05) is 25.1 Å². The molecule has 0 bridgehead atoms. The van der Waals surface area contributed by atoms with Crippen molar-refractivity contribution in [1.82, 2.24) is 15.3 Å². The molecule has 1 aromatic carbocycles. The van der Waals surface area contributed by atoms with E-state index in [1.54, 1.807) is 18.5 Å². The first-order valence-corrected chi connectivity index (χ1v) is 8.73. The van der Waals surface area contributed by atoms with E-state index in [9.17, 15) is 4.79 Å². The third-order valence-electron chi connectivity index (χ3n) is 5.31. The summed E-state index contributed by atoms with van der Waals surface area (Å²) in [5.74, 6) is 0.954. The minimum atomic E-state index is 0. The number of carbonyl (C=O) groups excluding carboxylic acids is 1. The Morgan fingerprint density at radius 3 is 2.69 bits per heavy atom. The molecule has 1 spiro atoms. The number of aromatic nitrogens is 2. The van der Waals surface area contributed by atoms with Crippen LogP contribution in [-0.2, 0) is 4.79 Å². The number of halogens is 1. The number of amides is 1. The van der Waals surface area contributed by atoms with Crippen LogP contribution in [0.5, 0.6) is 11.8 Å². The first-order valence-electron chi connectivity index (χ1n) is 8.73. The lowest BCUT2D eigenvalue weighted by molar-refractivity contribution is -0.118. The summed E-state index contributed by atoms with van der Waals surface area (Å²) in [6.07, 6.45) is 6.50. The molecule has 2 fully saturated rings. The highest BCUT2D eigenvalue weighted by Crippen LogP contribution is 2.58. The molecule has 26 heavy (non-hydrogen) atoms. The fourth-order valence-electron chi connectivity index (χ4n) is 3.70. The Balaban J connectivity index is 0.00000196. The van der Waals surface area contributed by atoms with Gasteiger partial charge in [-0.3, -0.25) is 4.79 Å². The predicted octanol–water partition coefficient (Wildman–Crippen LogP) is 3.33. The molecule has 7 heteroatoms. The van der Waals surface area contributed by atoms with Gasteiger partial charge < -0.3 is 15.4 Å². The fraction of sp³-hybridized carbons (Fsp3) is 0.421. The number of anilines is 1. The van der Waals surface area contributed by atoms with E-state index in [2.05, 4.69) is 20.6 Å². The van der Waals surface area contributed by atoms with Gasteiger partial charge in [-0.2, -0.15) is 0 Å². The lowest BCUT2D eigenvalue weighted by Crippen LogP contribution is -2.31. The molecular formula is C19H23ClN4O2.